The summed E-state index contributed by atoms with van der Waals surface area (Å²) >= 11 is 5.98. The number of hydrogen-bond donors (Lipinski definition) is 1. The highest BCUT2D eigenvalue weighted by atomic mass is 35.5. The summed E-state index contributed by atoms with van der Waals surface area (Å²) in [6, 6.07) is 6.11. The van der Waals surface area contributed by atoms with Crippen molar-refractivity contribution in [2.75, 3.05) is 6.61 Å². The Morgan fingerprint density at radius 3 is 3.00 bits per heavy atom. The highest BCUT2D eigenvalue weighted by Gasteiger charge is 2.55. The smallest absolute Gasteiger partial charge is 0.123 e. The Morgan fingerprint density at radius 2 is 2.29 bits per heavy atom. The summed E-state index contributed by atoms with van der Waals surface area (Å²) in [7, 11) is 0. The number of halogens is 1. The van der Waals surface area contributed by atoms with Crippen LogP contribution in [0.5, 0.6) is 5.75 Å². The number of fused-ring (bicyclic) bond motifs is 2. The van der Waals surface area contributed by atoms with Crippen LogP contribution in [-0.2, 0) is 5.41 Å². The minimum absolute atomic E-state index is 0.179. The maximum atomic E-state index is 6.00. The van der Waals surface area contributed by atoms with Crippen LogP contribution in [-0.4, -0.2) is 12.6 Å². The van der Waals surface area contributed by atoms with E-state index in [4.69, 9.17) is 22.1 Å². The van der Waals surface area contributed by atoms with E-state index in [0.29, 0.717) is 6.04 Å². The van der Waals surface area contributed by atoms with Crippen molar-refractivity contribution in [3.05, 3.63) is 28.8 Å². The molecule has 0 amide bonds. The predicted molar refractivity (Wildman–Crippen MR) is 55.8 cm³/mol. The van der Waals surface area contributed by atoms with E-state index in [1.165, 1.54) is 5.56 Å². The maximum Gasteiger partial charge on any atom is 0.123 e. The Morgan fingerprint density at radius 1 is 1.50 bits per heavy atom. The van der Waals surface area contributed by atoms with Gasteiger partial charge in [-0.2, -0.15) is 0 Å². The second-order valence-electron chi connectivity index (χ2n) is 4.21. The van der Waals surface area contributed by atoms with Gasteiger partial charge in [0.2, 0.25) is 0 Å². The molecule has 0 saturated heterocycles. The Hall–Kier alpha value is -0.730. The summed E-state index contributed by atoms with van der Waals surface area (Å²) in [6.07, 6.45) is 2.10. The van der Waals surface area contributed by atoms with Crippen LogP contribution < -0.4 is 10.5 Å². The zero-order valence-corrected chi connectivity index (χ0v) is 8.55. The lowest BCUT2D eigenvalue weighted by Crippen LogP contribution is -2.26. The van der Waals surface area contributed by atoms with Crippen LogP contribution in [0.15, 0.2) is 18.2 Å². The number of benzene rings is 1. The molecule has 1 saturated carbocycles. The minimum atomic E-state index is 0.179. The van der Waals surface area contributed by atoms with Crippen molar-refractivity contribution >= 4 is 11.6 Å². The summed E-state index contributed by atoms with van der Waals surface area (Å²) in [5.74, 6) is 0.966. The first kappa shape index (κ1) is 8.57. The van der Waals surface area contributed by atoms with Crippen molar-refractivity contribution in [1.82, 2.24) is 0 Å². The summed E-state index contributed by atoms with van der Waals surface area (Å²) in [5.41, 5.74) is 7.39. The van der Waals surface area contributed by atoms with Gasteiger partial charge in [0.1, 0.15) is 5.75 Å². The average molecular weight is 210 g/mol. The molecule has 1 heterocycles. The molecule has 1 aromatic rings. The number of rotatable bonds is 0. The molecule has 74 valence electrons. The first-order chi connectivity index (χ1) is 6.72. The number of hydrogen-bond acceptors (Lipinski definition) is 2. The lowest BCUT2D eigenvalue weighted by atomic mass is 9.89. The van der Waals surface area contributed by atoms with Gasteiger partial charge < -0.3 is 10.5 Å². The van der Waals surface area contributed by atoms with Gasteiger partial charge in [0.05, 0.1) is 6.61 Å². The van der Waals surface area contributed by atoms with Crippen LogP contribution in [0, 0.1) is 0 Å². The van der Waals surface area contributed by atoms with E-state index in [1.54, 1.807) is 0 Å². The Kier molecular flexibility index (Phi) is 1.62. The largest absolute Gasteiger partial charge is 0.493 e. The van der Waals surface area contributed by atoms with Crippen LogP contribution in [0.4, 0.5) is 0 Å². The van der Waals surface area contributed by atoms with E-state index in [2.05, 4.69) is 0 Å². The highest BCUT2D eigenvalue weighted by Crippen LogP contribution is 2.55. The molecule has 2 N–H and O–H groups in total. The summed E-state index contributed by atoms with van der Waals surface area (Å²) in [5, 5.41) is 0.771. The molecule has 1 fully saturated rings. The van der Waals surface area contributed by atoms with Crippen molar-refractivity contribution < 1.29 is 4.74 Å². The molecular formula is C11H12ClNO. The van der Waals surface area contributed by atoms with Gasteiger partial charge in [0.15, 0.2) is 0 Å². The minimum Gasteiger partial charge on any atom is -0.493 e. The highest BCUT2D eigenvalue weighted by molar-refractivity contribution is 6.30. The molecule has 3 rings (SSSR count). The molecule has 14 heavy (non-hydrogen) atoms. The predicted octanol–water partition coefficient (Wildman–Crippen LogP) is 2.09. The first-order valence-corrected chi connectivity index (χ1v) is 5.29. The molecule has 2 aliphatic rings. The van der Waals surface area contributed by atoms with E-state index < -0.39 is 0 Å². The van der Waals surface area contributed by atoms with E-state index in [0.717, 1.165) is 30.2 Å². The Labute approximate surface area is 88.0 Å². The topological polar surface area (TPSA) is 35.2 Å². The fourth-order valence-electron chi connectivity index (χ4n) is 2.43. The molecule has 1 spiro atoms. The molecular weight excluding hydrogens is 198 g/mol. The third-order valence-corrected chi connectivity index (χ3v) is 3.65. The SMILES string of the molecule is NC1CC12CCOc1ccc(Cl)cc12. The Balaban J connectivity index is 2.14. The van der Waals surface area contributed by atoms with Crippen LogP contribution in [0.25, 0.3) is 0 Å². The van der Waals surface area contributed by atoms with Crippen LogP contribution >= 0.6 is 11.6 Å². The van der Waals surface area contributed by atoms with Crippen molar-refractivity contribution in [3.63, 3.8) is 0 Å². The third kappa shape index (κ3) is 1.01. The molecule has 1 aliphatic carbocycles. The van der Waals surface area contributed by atoms with Gasteiger partial charge in [-0.3, -0.25) is 0 Å². The van der Waals surface area contributed by atoms with Crippen LogP contribution in [0.2, 0.25) is 5.02 Å². The Bertz CT molecular complexity index is 393. The lowest BCUT2D eigenvalue weighted by molar-refractivity contribution is 0.258. The average Bonchev–Trinajstić information content (AvgIpc) is 2.80. The molecule has 1 aromatic carbocycles. The van der Waals surface area contributed by atoms with Crippen LogP contribution in [0.3, 0.4) is 0 Å². The van der Waals surface area contributed by atoms with Gasteiger partial charge in [-0.25, -0.2) is 0 Å². The molecule has 1 aliphatic heterocycles. The molecule has 3 heteroatoms. The molecule has 0 radical (unpaired) electrons. The van der Waals surface area contributed by atoms with Gasteiger partial charge in [-0.05, 0) is 31.0 Å². The number of ether oxygens (including phenoxy) is 1. The van der Waals surface area contributed by atoms with Crippen molar-refractivity contribution in [2.45, 2.75) is 24.3 Å². The van der Waals surface area contributed by atoms with E-state index >= 15 is 0 Å². The normalized spacial score (nSPS) is 33.7. The molecule has 0 aromatic heterocycles. The second-order valence-corrected chi connectivity index (χ2v) is 4.64. The van der Waals surface area contributed by atoms with Gasteiger partial charge >= 0.3 is 0 Å². The zero-order chi connectivity index (χ0) is 9.76. The van der Waals surface area contributed by atoms with E-state index in [1.807, 2.05) is 18.2 Å². The van der Waals surface area contributed by atoms with Gasteiger partial charge in [-0.15, -0.1) is 0 Å². The van der Waals surface area contributed by atoms with E-state index in [-0.39, 0.29) is 5.41 Å². The van der Waals surface area contributed by atoms with Gasteiger partial charge in [-0.1, -0.05) is 11.6 Å². The number of nitrogens with two attached hydrogens (primary N) is 1. The van der Waals surface area contributed by atoms with Crippen molar-refractivity contribution in [3.8, 4) is 5.75 Å². The van der Waals surface area contributed by atoms with Crippen molar-refractivity contribution in [1.29, 1.82) is 0 Å². The fraction of sp³-hybridized carbons (Fsp3) is 0.455. The first-order valence-electron chi connectivity index (χ1n) is 4.91. The fourth-order valence-corrected chi connectivity index (χ4v) is 2.60. The van der Waals surface area contributed by atoms with Gasteiger partial charge in [0, 0.05) is 22.0 Å². The van der Waals surface area contributed by atoms with E-state index in [9.17, 15) is 0 Å². The lowest BCUT2D eigenvalue weighted by Gasteiger charge is -2.26. The summed E-state index contributed by atoms with van der Waals surface area (Å²) < 4.78 is 5.59. The molecule has 2 atom stereocenters. The standard InChI is InChI=1S/C11H12ClNO/c12-7-1-2-9-8(5-7)11(3-4-14-9)6-10(11)13/h1-2,5,10H,3-4,6,13H2. The molecule has 0 bridgehead atoms. The zero-order valence-electron chi connectivity index (χ0n) is 7.79. The monoisotopic (exact) mass is 209 g/mol. The quantitative estimate of drug-likeness (QED) is 0.710. The second kappa shape index (κ2) is 2.65. The van der Waals surface area contributed by atoms with Crippen LogP contribution in [0.1, 0.15) is 18.4 Å². The molecule has 2 nitrogen and oxygen atoms in total. The van der Waals surface area contributed by atoms with Gasteiger partial charge in [0.25, 0.3) is 0 Å². The van der Waals surface area contributed by atoms with Crippen molar-refractivity contribution in [2.24, 2.45) is 5.73 Å². The third-order valence-electron chi connectivity index (χ3n) is 3.42. The summed E-state index contributed by atoms with van der Waals surface area (Å²) in [6.45, 7) is 0.780. The summed E-state index contributed by atoms with van der Waals surface area (Å²) in [4.78, 5) is 0. The maximum absolute atomic E-state index is 6.00. The molecule has 2 unspecified atom stereocenters.